The van der Waals surface area contributed by atoms with E-state index in [0.29, 0.717) is 12.8 Å². The van der Waals surface area contributed by atoms with Crippen LogP contribution in [0, 0.1) is 5.41 Å². The Morgan fingerprint density at radius 2 is 1.87 bits per heavy atom. The molecule has 0 aliphatic heterocycles. The maximum atomic E-state index is 11.5. The Morgan fingerprint density at radius 3 is 2.27 bits per heavy atom. The summed E-state index contributed by atoms with van der Waals surface area (Å²) in [6, 6.07) is 0. The van der Waals surface area contributed by atoms with Crippen molar-refractivity contribution in [2.45, 2.75) is 38.5 Å². The van der Waals surface area contributed by atoms with Gasteiger partial charge in [-0.15, -0.1) is 0 Å². The molecule has 0 radical (unpaired) electrons. The summed E-state index contributed by atoms with van der Waals surface area (Å²) >= 11 is 0. The van der Waals surface area contributed by atoms with E-state index in [1.807, 2.05) is 0 Å². The van der Waals surface area contributed by atoms with Gasteiger partial charge in [0.05, 0.1) is 19.6 Å². The molecule has 0 aromatic heterocycles. The van der Waals surface area contributed by atoms with Gasteiger partial charge in [0.1, 0.15) is 0 Å². The Labute approximate surface area is 89.9 Å². The van der Waals surface area contributed by atoms with Crippen molar-refractivity contribution in [3.05, 3.63) is 0 Å². The van der Waals surface area contributed by atoms with E-state index in [1.165, 1.54) is 14.2 Å². The highest BCUT2D eigenvalue weighted by molar-refractivity contribution is 5.77. The highest BCUT2D eigenvalue weighted by Gasteiger charge is 2.44. The minimum Gasteiger partial charge on any atom is -0.469 e. The highest BCUT2D eigenvalue weighted by atomic mass is 16.5. The Kier molecular flexibility index (Phi) is 4.12. The third-order valence-corrected chi connectivity index (χ3v) is 3.19. The van der Waals surface area contributed by atoms with Crippen LogP contribution in [-0.4, -0.2) is 26.2 Å². The zero-order chi connectivity index (χ0) is 11.3. The van der Waals surface area contributed by atoms with Crippen molar-refractivity contribution in [1.29, 1.82) is 0 Å². The van der Waals surface area contributed by atoms with Gasteiger partial charge in [-0.3, -0.25) is 9.59 Å². The first-order valence-electron chi connectivity index (χ1n) is 5.30. The van der Waals surface area contributed by atoms with E-state index in [-0.39, 0.29) is 17.4 Å². The van der Waals surface area contributed by atoms with E-state index in [1.54, 1.807) is 0 Å². The van der Waals surface area contributed by atoms with E-state index < -0.39 is 0 Å². The van der Waals surface area contributed by atoms with Crippen LogP contribution in [0.25, 0.3) is 0 Å². The lowest BCUT2D eigenvalue weighted by molar-refractivity contribution is -0.159. The van der Waals surface area contributed by atoms with Crippen molar-refractivity contribution in [2.24, 2.45) is 5.41 Å². The number of hydrogen-bond donors (Lipinski definition) is 0. The number of hydrogen-bond acceptors (Lipinski definition) is 4. The third-order valence-electron chi connectivity index (χ3n) is 3.19. The van der Waals surface area contributed by atoms with Crippen molar-refractivity contribution >= 4 is 11.9 Å². The summed E-state index contributed by atoms with van der Waals surface area (Å²) in [6.45, 7) is 0. The van der Waals surface area contributed by atoms with Crippen LogP contribution >= 0.6 is 0 Å². The van der Waals surface area contributed by atoms with Crippen molar-refractivity contribution in [3.8, 4) is 0 Å². The average molecular weight is 214 g/mol. The summed E-state index contributed by atoms with van der Waals surface area (Å²) in [4.78, 5) is 22.4. The maximum Gasteiger partial charge on any atom is 0.311 e. The first kappa shape index (κ1) is 12.0. The molecule has 0 aromatic rings. The highest BCUT2D eigenvalue weighted by Crippen LogP contribution is 2.45. The first-order chi connectivity index (χ1) is 7.14. The lowest BCUT2D eigenvalue weighted by Gasteiger charge is -2.38. The minimum atomic E-state index is -0.303. The molecule has 4 heteroatoms. The first-order valence-corrected chi connectivity index (χ1v) is 5.30. The van der Waals surface area contributed by atoms with Crippen LogP contribution in [-0.2, 0) is 19.1 Å². The van der Waals surface area contributed by atoms with E-state index in [4.69, 9.17) is 4.74 Å². The van der Waals surface area contributed by atoms with Gasteiger partial charge in [0.2, 0.25) is 0 Å². The molecule has 0 aromatic carbocycles. The maximum absolute atomic E-state index is 11.5. The Bertz CT molecular complexity index is 243. The molecule has 0 bridgehead atoms. The average Bonchev–Trinajstić information content (AvgIpc) is 2.20. The van der Waals surface area contributed by atoms with Gasteiger partial charge in [0, 0.05) is 6.42 Å². The zero-order valence-electron chi connectivity index (χ0n) is 9.38. The number of esters is 2. The molecule has 0 amide bonds. The molecule has 1 aliphatic rings. The molecule has 1 aliphatic carbocycles. The van der Waals surface area contributed by atoms with Crippen LogP contribution in [0.15, 0.2) is 0 Å². The molecule has 1 rings (SSSR count). The normalized spacial score (nSPS) is 17.7. The van der Waals surface area contributed by atoms with E-state index in [9.17, 15) is 9.59 Å². The predicted molar refractivity (Wildman–Crippen MR) is 54.2 cm³/mol. The summed E-state index contributed by atoms with van der Waals surface area (Å²) in [5.41, 5.74) is -0.303. The second kappa shape index (κ2) is 5.14. The molecule has 0 atom stereocenters. The predicted octanol–water partition coefficient (Wildman–Crippen LogP) is 1.67. The van der Waals surface area contributed by atoms with Crippen LogP contribution in [0.2, 0.25) is 0 Å². The SMILES string of the molecule is COC(=O)CCCC1(C(=O)OC)CCC1. The largest absolute Gasteiger partial charge is 0.469 e. The molecule has 15 heavy (non-hydrogen) atoms. The second-order valence-corrected chi connectivity index (χ2v) is 4.06. The van der Waals surface area contributed by atoms with Gasteiger partial charge in [0.15, 0.2) is 0 Å². The molecule has 0 spiro atoms. The quantitative estimate of drug-likeness (QED) is 0.653. The molecule has 0 unspecified atom stereocenters. The monoisotopic (exact) mass is 214 g/mol. The molecule has 4 nitrogen and oxygen atoms in total. The Hall–Kier alpha value is -1.06. The number of methoxy groups -OCH3 is 2. The fraction of sp³-hybridized carbons (Fsp3) is 0.818. The lowest BCUT2D eigenvalue weighted by atomic mass is 9.66. The van der Waals surface area contributed by atoms with Crippen molar-refractivity contribution in [1.82, 2.24) is 0 Å². The number of ether oxygens (including phenoxy) is 2. The van der Waals surface area contributed by atoms with Crippen molar-refractivity contribution in [2.75, 3.05) is 14.2 Å². The van der Waals surface area contributed by atoms with Gasteiger partial charge in [-0.05, 0) is 25.7 Å². The summed E-state index contributed by atoms with van der Waals surface area (Å²) in [5.74, 6) is -0.340. The van der Waals surface area contributed by atoms with Crippen LogP contribution in [0.5, 0.6) is 0 Å². The van der Waals surface area contributed by atoms with Gasteiger partial charge in [-0.25, -0.2) is 0 Å². The van der Waals surface area contributed by atoms with Gasteiger partial charge in [-0.2, -0.15) is 0 Å². The second-order valence-electron chi connectivity index (χ2n) is 4.06. The van der Waals surface area contributed by atoms with E-state index in [0.717, 1.165) is 25.7 Å². The third kappa shape index (κ3) is 2.70. The molecule has 1 saturated carbocycles. The van der Waals surface area contributed by atoms with Crippen LogP contribution in [0.1, 0.15) is 38.5 Å². The van der Waals surface area contributed by atoms with Crippen LogP contribution in [0.3, 0.4) is 0 Å². The molecular weight excluding hydrogens is 196 g/mol. The molecule has 0 heterocycles. The summed E-state index contributed by atoms with van der Waals surface area (Å²) in [6.07, 6.45) is 4.67. The molecule has 1 fully saturated rings. The van der Waals surface area contributed by atoms with Gasteiger partial charge < -0.3 is 9.47 Å². The summed E-state index contributed by atoms with van der Waals surface area (Å²) in [7, 11) is 2.80. The fourth-order valence-electron chi connectivity index (χ4n) is 2.05. The topological polar surface area (TPSA) is 52.6 Å². The Morgan fingerprint density at radius 1 is 1.20 bits per heavy atom. The number of carbonyl (C=O) groups is 2. The van der Waals surface area contributed by atoms with Gasteiger partial charge in [-0.1, -0.05) is 6.42 Å². The zero-order valence-corrected chi connectivity index (χ0v) is 9.38. The molecule has 0 N–H and O–H groups in total. The smallest absolute Gasteiger partial charge is 0.311 e. The van der Waals surface area contributed by atoms with E-state index >= 15 is 0 Å². The van der Waals surface area contributed by atoms with Gasteiger partial charge >= 0.3 is 11.9 Å². The fourth-order valence-corrected chi connectivity index (χ4v) is 2.05. The molecule has 0 saturated heterocycles. The summed E-state index contributed by atoms with van der Waals surface area (Å²) in [5, 5.41) is 0. The Balaban J connectivity index is 2.34. The van der Waals surface area contributed by atoms with Crippen molar-refractivity contribution < 1.29 is 19.1 Å². The standard InChI is InChI=1S/C11H18O4/c1-14-9(12)5-3-6-11(7-4-8-11)10(13)15-2/h3-8H2,1-2H3. The van der Waals surface area contributed by atoms with Crippen LogP contribution in [0.4, 0.5) is 0 Å². The number of carbonyl (C=O) groups excluding carboxylic acids is 2. The molecule has 86 valence electrons. The lowest BCUT2D eigenvalue weighted by Crippen LogP contribution is -2.38. The van der Waals surface area contributed by atoms with Crippen LogP contribution < -0.4 is 0 Å². The summed E-state index contributed by atoms with van der Waals surface area (Å²) < 4.78 is 9.33. The van der Waals surface area contributed by atoms with Crippen molar-refractivity contribution in [3.63, 3.8) is 0 Å². The van der Waals surface area contributed by atoms with Gasteiger partial charge in [0.25, 0.3) is 0 Å². The number of rotatable bonds is 5. The molecular formula is C11H18O4. The van der Waals surface area contributed by atoms with E-state index in [2.05, 4.69) is 4.74 Å². The minimum absolute atomic E-state index is 0.126.